The van der Waals surface area contributed by atoms with Crippen LogP contribution in [0.1, 0.15) is 26.3 Å². The van der Waals surface area contributed by atoms with Crippen molar-refractivity contribution < 1.29 is 0 Å². The average molecular weight is 283 g/mol. The Morgan fingerprint density at radius 1 is 1.38 bits per heavy atom. The van der Waals surface area contributed by atoms with Gasteiger partial charge in [0.2, 0.25) is 0 Å². The number of nitrogens with zero attached hydrogens (tertiary/aromatic N) is 2. The van der Waals surface area contributed by atoms with Crippen LogP contribution < -0.4 is 5.56 Å². The van der Waals surface area contributed by atoms with Crippen LogP contribution in [-0.4, -0.2) is 14.5 Å². The molecule has 0 saturated heterocycles. The molecule has 2 aromatic rings. The second-order valence-corrected chi connectivity index (χ2v) is 5.07. The molecular weight excluding hydrogens is 262 g/mol. The van der Waals surface area contributed by atoms with Gasteiger partial charge in [-0.25, -0.2) is 4.98 Å². The van der Waals surface area contributed by atoms with Crippen LogP contribution in [0.5, 0.6) is 0 Å². The molecule has 0 aliphatic carbocycles. The highest BCUT2D eigenvalue weighted by Gasteiger charge is 2.11. The van der Waals surface area contributed by atoms with Crippen molar-refractivity contribution in [3.8, 4) is 0 Å². The van der Waals surface area contributed by atoms with Crippen molar-refractivity contribution in [3.63, 3.8) is 0 Å². The molecule has 0 spiro atoms. The van der Waals surface area contributed by atoms with Crippen LogP contribution in [-0.2, 0) is 0 Å². The first kappa shape index (κ1) is 15.0. The molecular formula is C17H21N3O. The summed E-state index contributed by atoms with van der Waals surface area (Å²) in [6.45, 7) is 8.06. The van der Waals surface area contributed by atoms with E-state index in [2.05, 4.69) is 29.0 Å². The average Bonchev–Trinajstić information content (AvgIpc) is 2.79. The van der Waals surface area contributed by atoms with Gasteiger partial charge in [0.25, 0.3) is 5.56 Å². The molecule has 2 aromatic heterocycles. The molecule has 0 aliphatic heterocycles. The summed E-state index contributed by atoms with van der Waals surface area (Å²) in [5.41, 5.74) is 3.16. The summed E-state index contributed by atoms with van der Waals surface area (Å²) >= 11 is 0. The van der Waals surface area contributed by atoms with Crippen molar-refractivity contribution in [1.29, 1.82) is 0 Å². The van der Waals surface area contributed by atoms with Crippen molar-refractivity contribution in [2.45, 2.75) is 27.7 Å². The third-order valence-corrected chi connectivity index (χ3v) is 3.41. The van der Waals surface area contributed by atoms with Gasteiger partial charge in [0, 0.05) is 11.9 Å². The molecule has 1 N–H and O–H groups in total. The molecule has 21 heavy (non-hydrogen) atoms. The first-order valence-electron chi connectivity index (χ1n) is 7.11. The van der Waals surface area contributed by atoms with E-state index in [-0.39, 0.29) is 5.56 Å². The topological polar surface area (TPSA) is 50.7 Å². The Morgan fingerprint density at radius 3 is 2.81 bits per heavy atom. The Bertz CT molecular complexity index is 775. The van der Waals surface area contributed by atoms with Crippen LogP contribution in [0.25, 0.3) is 16.7 Å². The van der Waals surface area contributed by atoms with Crippen LogP contribution in [0.2, 0.25) is 0 Å². The number of hydrogen-bond donors (Lipinski definition) is 1. The zero-order chi connectivity index (χ0) is 15.4. The Kier molecular flexibility index (Phi) is 4.58. The van der Waals surface area contributed by atoms with E-state index >= 15 is 0 Å². The Hall–Kier alpha value is -2.36. The van der Waals surface area contributed by atoms with E-state index in [1.807, 2.05) is 49.8 Å². The minimum absolute atomic E-state index is 0.123. The predicted molar refractivity (Wildman–Crippen MR) is 88.2 cm³/mol. The molecule has 0 fully saturated rings. The summed E-state index contributed by atoms with van der Waals surface area (Å²) in [6.07, 6.45) is 13.7. The minimum Gasteiger partial charge on any atom is -0.311 e. The van der Waals surface area contributed by atoms with Crippen LogP contribution in [0.15, 0.2) is 47.7 Å². The largest absolute Gasteiger partial charge is 0.311 e. The van der Waals surface area contributed by atoms with Gasteiger partial charge in [-0.2, -0.15) is 0 Å². The van der Waals surface area contributed by atoms with E-state index in [4.69, 9.17) is 0 Å². The second kappa shape index (κ2) is 6.39. The number of hydrogen-bond acceptors (Lipinski definition) is 2. The highest BCUT2D eigenvalue weighted by molar-refractivity contribution is 5.83. The fraction of sp³-hybridized carbons (Fsp3) is 0.294. The molecule has 2 rings (SSSR count). The number of H-pyrrole nitrogens is 1. The summed E-state index contributed by atoms with van der Waals surface area (Å²) in [6, 6.07) is 0. The number of allylic oxidation sites excluding steroid dienone is 6. The van der Waals surface area contributed by atoms with E-state index in [9.17, 15) is 4.79 Å². The maximum Gasteiger partial charge on any atom is 0.275 e. The predicted octanol–water partition coefficient (Wildman–Crippen LogP) is 3.66. The van der Waals surface area contributed by atoms with Gasteiger partial charge in [-0.1, -0.05) is 31.2 Å². The molecule has 0 aliphatic rings. The Balaban J connectivity index is 2.52. The van der Waals surface area contributed by atoms with Crippen LogP contribution in [0.4, 0.5) is 0 Å². The highest BCUT2D eigenvalue weighted by atomic mass is 16.1. The quantitative estimate of drug-likeness (QED) is 0.687. The van der Waals surface area contributed by atoms with E-state index in [0.717, 1.165) is 16.8 Å². The maximum absolute atomic E-state index is 12.1. The van der Waals surface area contributed by atoms with Crippen molar-refractivity contribution in [3.05, 3.63) is 58.8 Å². The van der Waals surface area contributed by atoms with Crippen molar-refractivity contribution >= 4 is 16.7 Å². The molecule has 4 nitrogen and oxygen atoms in total. The molecule has 1 unspecified atom stereocenters. The fourth-order valence-corrected chi connectivity index (χ4v) is 2.36. The third-order valence-electron chi connectivity index (χ3n) is 3.41. The van der Waals surface area contributed by atoms with E-state index < -0.39 is 0 Å². The first-order chi connectivity index (χ1) is 10.1. The summed E-state index contributed by atoms with van der Waals surface area (Å²) < 4.78 is 1.90. The highest BCUT2D eigenvalue weighted by Crippen LogP contribution is 2.20. The normalized spacial score (nSPS) is 14.6. The number of fused-ring (bicyclic) bond motifs is 1. The van der Waals surface area contributed by atoms with Crippen molar-refractivity contribution in [1.82, 2.24) is 14.5 Å². The van der Waals surface area contributed by atoms with E-state index in [1.54, 1.807) is 0 Å². The van der Waals surface area contributed by atoms with Crippen LogP contribution in [0, 0.1) is 12.8 Å². The summed E-state index contributed by atoms with van der Waals surface area (Å²) in [4.78, 5) is 19.0. The molecule has 0 aromatic carbocycles. The molecule has 1 atom stereocenters. The van der Waals surface area contributed by atoms with Crippen LogP contribution in [0.3, 0.4) is 0 Å². The molecule has 4 heteroatoms. The lowest BCUT2D eigenvalue weighted by Crippen LogP contribution is -2.10. The van der Waals surface area contributed by atoms with Gasteiger partial charge in [-0.05, 0) is 38.3 Å². The first-order valence-corrected chi connectivity index (χ1v) is 7.11. The number of nitrogens with one attached hydrogen (secondary N) is 1. The van der Waals surface area contributed by atoms with Gasteiger partial charge in [-0.3, -0.25) is 4.79 Å². The molecule has 2 heterocycles. The summed E-state index contributed by atoms with van der Waals surface area (Å²) in [5.74, 6) is 0.351. The maximum atomic E-state index is 12.1. The summed E-state index contributed by atoms with van der Waals surface area (Å²) in [7, 11) is 0. The van der Waals surface area contributed by atoms with Crippen molar-refractivity contribution in [2.24, 2.45) is 5.92 Å². The monoisotopic (exact) mass is 283 g/mol. The SMILES string of the molecule is C/C=C\C(C)/C=C\C(=C/C)n1cc(C)c2nc[nH]c(=O)c21. The third kappa shape index (κ3) is 3.05. The zero-order valence-electron chi connectivity index (χ0n) is 12.9. The molecule has 0 saturated carbocycles. The summed E-state index contributed by atoms with van der Waals surface area (Å²) in [5, 5.41) is 0. The lowest BCUT2D eigenvalue weighted by Gasteiger charge is -2.06. The molecule has 110 valence electrons. The molecule has 0 amide bonds. The van der Waals surface area contributed by atoms with Gasteiger partial charge in [0.05, 0.1) is 11.8 Å². The molecule has 0 bridgehead atoms. The molecule has 0 radical (unpaired) electrons. The number of aromatic amines is 1. The Morgan fingerprint density at radius 2 is 2.14 bits per heavy atom. The van der Waals surface area contributed by atoms with E-state index in [0.29, 0.717) is 11.4 Å². The number of rotatable bonds is 4. The second-order valence-electron chi connectivity index (χ2n) is 5.07. The minimum atomic E-state index is -0.123. The fourth-order valence-electron chi connectivity index (χ4n) is 2.36. The lowest BCUT2D eigenvalue weighted by atomic mass is 10.1. The lowest BCUT2D eigenvalue weighted by molar-refractivity contribution is 0.936. The standard InChI is InChI=1S/C17H21N3O/c1-5-7-12(3)8-9-14(6-2)20-10-13(4)15-16(20)17(21)19-11-18-15/h5-12H,1-4H3,(H,18,19,21)/b7-5-,9-8-,14-6+. The van der Waals surface area contributed by atoms with Crippen molar-refractivity contribution in [2.75, 3.05) is 0 Å². The van der Waals surface area contributed by atoms with Gasteiger partial charge in [0.1, 0.15) is 5.52 Å². The zero-order valence-corrected chi connectivity index (χ0v) is 12.9. The number of aromatic nitrogens is 3. The smallest absolute Gasteiger partial charge is 0.275 e. The van der Waals surface area contributed by atoms with Gasteiger partial charge < -0.3 is 9.55 Å². The van der Waals surface area contributed by atoms with Gasteiger partial charge in [-0.15, -0.1) is 0 Å². The number of aryl methyl sites for hydroxylation is 1. The van der Waals surface area contributed by atoms with Gasteiger partial charge in [0.15, 0.2) is 0 Å². The van der Waals surface area contributed by atoms with Crippen LogP contribution >= 0.6 is 0 Å². The van der Waals surface area contributed by atoms with Gasteiger partial charge >= 0.3 is 0 Å². The van der Waals surface area contributed by atoms with E-state index in [1.165, 1.54) is 6.33 Å². The Labute approximate surface area is 124 Å².